The number of rotatable bonds is 8. The van der Waals surface area contributed by atoms with Gasteiger partial charge < -0.3 is 14.1 Å². The summed E-state index contributed by atoms with van der Waals surface area (Å²) in [5, 5.41) is 9.58. The SMILES string of the molecule is Oc1ccc(CCc2ncoc2-c2cn(C(c3ccccc3)(c3ccccc3)c3ccccc3)cn2)cc1. The minimum atomic E-state index is -0.638. The summed E-state index contributed by atoms with van der Waals surface area (Å²) < 4.78 is 8.05. The molecule has 2 aromatic heterocycles. The van der Waals surface area contributed by atoms with Crippen molar-refractivity contribution in [1.82, 2.24) is 14.5 Å². The maximum atomic E-state index is 9.58. The Hall–Kier alpha value is -4.90. The van der Waals surface area contributed by atoms with E-state index in [9.17, 15) is 5.11 Å². The van der Waals surface area contributed by atoms with E-state index in [2.05, 4.69) is 88.5 Å². The highest BCUT2D eigenvalue weighted by atomic mass is 16.3. The highest BCUT2D eigenvalue weighted by Gasteiger charge is 2.38. The number of imidazole rings is 1. The van der Waals surface area contributed by atoms with E-state index in [0.717, 1.165) is 40.1 Å². The zero-order chi connectivity index (χ0) is 25.8. The predicted molar refractivity (Wildman–Crippen MR) is 148 cm³/mol. The first-order chi connectivity index (χ1) is 18.7. The van der Waals surface area contributed by atoms with Gasteiger partial charge in [0.2, 0.25) is 0 Å². The molecule has 2 heterocycles. The van der Waals surface area contributed by atoms with E-state index in [1.165, 1.54) is 6.39 Å². The van der Waals surface area contributed by atoms with Crippen molar-refractivity contribution in [2.45, 2.75) is 18.4 Å². The first-order valence-electron chi connectivity index (χ1n) is 12.7. The van der Waals surface area contributed by atoms with Crippen LogP contribution in [0.1, 0.15) is 27.9 Å². The number of phenols is 1. The Kier molecular flexibility index (Phi) is 6.32. The standard InChI is InChI=1S/C33H27N3O2/c37-29-19-16-25(17-20-29)18-21-30-32(38-24-35-30)31-22-36(23-34-31)33(26-10-4-1-5-11-26,27-12-6-2-7-13-27)28-14-8-3-9-15-28/h1-17,19-20,22-24,37H,18,21H2. The van der Waals surface area contributed by atoms with Crippen molar-refractivity contribution in [2.75, 3.05) is 0 Å². The third kappa shape index (κ3) is 4.28. The second-order valence-corrected chi connectivity index (χ2v) is 9.27. The van der Waals surface area contributed by atoms with Crippen molar-refractivity contribution >= 4 is 0 Å². The van der Waals surface area contributed by atoms with E-state index in [-0.39, 0.29) is 5.75 Å². The number of benzene rings is 4. The fraction of sp³-hybridized carbons (Fsp3) is 0.0909. The monoisotopic (exact) mass is 497 g/mol. The van der Waals surface area contributed by atoms with Crippen LogP contribution < -0.4 is 0 Å². The summed E-state index contributed by atoms with van der Waals surface area (Å²) in [5.74, 6) is 0.936. The van der Waals surface area contributed by atoms with E-state index >= 15 is 0 Å². The molecule has 0 saturated carbocycles. The number of oxazole rings is 1. The van der Waals surface area contributed by atoms with Crippen LogP contribution in [0.4, 0.5) is 0 Å². The van der Waals surface area contributed by atoms with Crippen LogP contribution in [0.3, 0.4) is 0 Å². The summed E-state index contributed by atoms with van der Waals surface area (Å²) in [6, 6.07) is 38.8. The van der Waals surface area contributed by atoms with Gasteiger partial charge in [0.05, 0.1) is 12.0 Å². The van der Waals surface area contributed by atoms with E-state index < -0.39 is 5.54 Å². The van der Waals surface area contributed by atoms with Crippen molar-refractivity contribution in [3.63, 3.8) is 0 Å². The van der Waals surface area contributed by atoms with Crippen molar-refractivity contribution in [1.29, 1.82) is 0 Å². The highest BCUT2D eigenvalue weighted by Crippen LogP contribution is 2.41. The Balaban J connectivity index is 1.45. The first kappa shape index (κ1) is 23.5. The number of aromatic hydroxyl groups is 1. The Labute approximate surface area is 221 Å². The molecule has 0 amide bonds. The fourth-order valence-corrected chi connectivity index (χ4v) is 5.19. The summed E-state index contributed by atoms with van der Waals surface area (Å²) >= 11 is 0. The van der Waals surface area contributed by atoms with E-state index in [1.54, 1.807) is 12.1 Å². The molecule has 5 nitrogen and oxygen atoms in total. The van der Waals surface area contributed by atoms with E-state index in [4.69, 9.17) is 9.40 Å². The molecule has 6 rings (SSSR count). The molecule has 0 aliphatic heterocycles. The molecule has 0 aliphatic rings. The lowest BCUT2D eigenvalue weighted by Gasteiger charge is -2.37. The molecular weight excluding hydrogens is 470 g/mol. The first-order valence-corrected chi connectivity index (χ1v) is 12.7. The average molecular weight is 498 g/mol. The number of aromatic nitrogens is 3. The van der Waals surface area contributed by atoms with Crippen LogP contribution in [0.25, 0.3) is 11.5 Å². The molecule has 6 aromatic rings. The molecule has 0 fully saturated rings. The van der Waals surface area contributed by atoms with Crippen molar-refractivity contribution < 1.29 is 9.52 Å². The van der Waals surface area contributed by atoms with Crippen LogP contribution >= 0.6 is 0 Å². The molecule has 38 heavy (non-hydrogen) atoms. The fourth-order valence-electron chi connectivity index (χ4n) is 5.19. The van der Waals surface area contributed by atoms with E-state index in [1.807, 2.05) is 36.7 Å². The van der Waals surface area contributed by atoms with Gasteiger partial charge in [0.25, 0.3) is 0 Å². The van der Waals surface area contributed by atoms with Gasteiger partial charge in [0, 0.05) is 6.20 Å². The Bertz CT molecular complexity index is 1510. The predicted octanol–water partition coefficient (Wildman–Crippen LogP) is 6.87. The maximum Gasteiger partial charge on any atom is 0.181 e. The smallest absolute Gasteiger partial charge is 0.181 e. The summed E-state index contributed by atoms with van der Waals surface area (Å²) in [6.45, 7) is 0. The second kappa shape index (κ2) is 10.2. The molecule has 0 radical (unpaired) electrons. The highest BCUT2D eigenvalue weighted by molar-refractivity contribution is 5.57. The van der Waals surface area contributed by atoms with Crippen molar-refractivity contribution in [2.24, 2.45) is 0 Å². The van der Waals surface area contributed by atoms with Gasteiger partial charge in [-0.2, -0.15) is 0 Å². The van der Waals surface area contributed by atoms with Crippen LogP contribution in [0.5, 0.6) is 5.75 Å². The quantitative estimate of drug-likeness (QED) is 0.233. The lowest BCUT2D eigenvalue weighted by atomic mass is 9.77. The largest absolute Gasteiger partial charge is 0.508 e. The molecular formula is C33H27N3O2. The average Bonchev–Trinajstić information content (AvgIpc) is 3.65. The summed E-state index contributed by atoms with van der Waals surface area (Å²) in [7, 11) is 0. The molecule has 186 valence electrons. The zero-order valence-electron chi connectivity index (χ0n) is 20.8. The molecule has 0 aliphatic carbocycles. The molecule has 0 spiro atoms. The van der Waals surface area contributed by atoms with Gasteiger partial charge >= 0.3 is 0 Å². The number of nitrogens with zero attached hydrogens (tertiary/aromatic N) is 3. The molecule has 1 N–H and O–H groups in total. The van der Waals surface area contributed by atoms with Gasteiger partial charge in [-0.05, 0) is 47.2 Å². The Morgan fingerprint density at radius 1 is 0.658 bits per heavy atom. The van der Waals surface area contributed by atoms with Crippen molar-refractivity contribution in [3.05, 3.63) is 162 Å². The topological polar surface area (TPSA) is 64.1 Å². The molecule has 0 saturated heterocycles. The summed E-state index contributed by atoms with van der Waals surface area (Å²) in [6.07, 6.45) is 6.90. The Morgan fingerprint density at radius 3 is 1.76 bits per heavy atom. The van der Waals surface area contributed by atoms with Gasteiger partial charge in [0.15, 0.2) is 12.2 Å². The number of aryl methyl sites for hydroxylation is 2. The third-order valence-corrected chi connectivity index (χ3v) is 7.01. The Morgan fingerprint density at radius 2 is 1.21 bits per heavy atom. The zero-order valence-corrected chi connectivity index (χ0v) is 20.8. The molecule has 0 bridgehead atoms. The van der Waals surface area contributed by atoms with Crippen LogP contribution in [-0.2, 0) is 18.4 Å². The number of hydrogen-bond donors (Lipinski definition) is 1. The van der Waals surface area contributed by atoms with Crippen LogP contribution in [0.15, 0.2) is 139 Å². The van der Waals surface area contributed by atoms with Gasteiger partial charge in [-0.15, -0.1) is 0 Å². The lowest BCUT2D eigenvalue weighted by molar-refractivity contribution is 0.475. The molecule has 5 heteroatoms. The number of phenolic OH excluding ortho intramolecular Hbond substituents is 1. The van der Waals surface area contributed by atoms with Gasteiger partial charge in [-0.3, -0.25) is 0 Å². The van der Waals surface area contributed by atoms with Crippen LogP contribution in [0.2, 0.25) is 0 Å². The summed E-state index contributed by atoms with van der Waals surface area (Å²) in [4.78, 5) is 9.33. The maximum absolute atomic E-state index is 9.58. The summed E-state index contributed by atoms with van der Waals surface area (Å²) in [5.41, 5.74) is 5.47. The van der Waals surface area contributed by atoms with Crippen molar-refractivity contribution in [3.8, 4) is 17.2 Å². The van der Waals surface area contributed by atoms with Gasteiger partial charge in [-0.1, -0.05) is 103 Å². The minimum absolute atomic E-state index is 0.264. The number of hydrogen-bond acceptors (Lipinski definition) is 4. The normalized spacial score (nSPS) is 11.5. The second-order valence-electron chi connectivity index (χ2n) is 9.27. The lowest BCUT2D eigenvalue weighted by Crippen LogP contribution is -2.36. The van der Waals surface area contributed by atoms with Gasteiger partial charge in [0.1, 0.15) is 17.0 Å². The van der Waals surface area contributed by atoms with Gasteiger partial charge in [-0.25, -0.2) is 9.97 Å². The van der Waals surface area contributed by atoms with Crippen LogP contribution in [-0.4, -0.2) is 19.6 Å². The molecule has 0 unspecified atom stereocenters. The molecule has 0 atom stereocenters. The van der Waals surface area contributed by atoms with E-state index in [0.29, 0.717) is 12.2 Å². The third-order valence-electron chi connectivity index (χ3n) is 7.01. The van der Waals surface area contributed by atoms with Crippen LogP contribution in [0, 0.1) is 0 Å². The minimum Gasteiger partial charge on any atom is -0.508 e. The molecule has 4 aromatic carbocycles.